The predicted octanol–water partition coefficient (Wildman–Crippen LogP) is 4.20. The third kappa shape index (κ3) is 4.12. The van der Waals surface area contributed by atoms with Gasteiger partial charge in [-0.1, -0.05) is 18.2 Å². The highest BCUT2D eigenvalue weighted by Crippen LogP contribution is 2.29. The number of ether oxygens (including phenoxy) is 2. The maximum atomic E-state index is 10.4. The maximum Gasteiger partial charge on any atom is 0.122 e. The zero-order valence-corrected chi connectivity index (χ0v) is 14.7. The van der Waals surface area contributed by atoms with Crippen LogP contribution >= 0.6 is 0 Å². The molecule has 0 aliphatic carbocycles. The fraction of sp³-hybridized carbons (Fsp3) is 0.400. The van der Waals surface area contributed by atoms with E-state index in [-0.39, 0.29) is 0 Å². The molecular weight excluding hydrogens is 288 g/mol. The van der Waals surface area contributed by atoms with Crippen LogP contribution in [0.3, 0.4) is 0 Å². The van der Waals surface area contributed by atoms with Gasteiger partial charge >= 0.3 is 0 Å². The summed E-state index contributed by atoms with van der Waals surface area (Å²) in [7, 11) is 3.39. The molecule has 0 atom stereocenters. The molecule has 0 spiro atoms. The highest BCUT2D eigenvalue weighted by atomic mass is 16.5. The Morgan fingerprint density at radius 1 is 0.783 bits per heavy atom. The molecular formula is C20H26O3. The van der Waals surface area contributed by atoms with Crippen LogP contribution in [0.2, 0.25) is 0 Å². The molecule has 0 heterocycles. The van der Waals surface area contributed by atoms with E-state index in [9.17, 15) is 5.11 Å². The van der Waals surface area contributed by atoms with Crippen molar-refractivity contribution in [2.45, 2.75) is 40.4 Å². The Morgan fingerprint density at radius 2 is 1.30 bits per heavy atom. The second-order valence-electron chi connectivity index (χ2n) is 6.16. The Balaban J connectivity index is 2.42. The quantitative estimate of drug-likeness (QED) is 0.868. The standard InChI is InChI=1S/C20H26O3/c1-13-6-16(11-22-4)8-18(15(13)3)10-19-9-17(12-23-5)7-14(2)20(19)21/h6-9,21H,10-12H2,1-5H3. The monoisotopic (exact) mass is 314 g/mol. The minimum Gasteiger partial charge on any atom is -0.507 e. The number of hydrogen-bond acceptors (Lipinski definition) is 3. The van der Waals surface area contributed by atoms with Crippen LogP contribution in [0.1, 0.15) is 38.9 Å². The molecule has 0 radical (unpaired) electrons. The lowest BCUT2D eigenvalue weighted by atomic mass is 9.93. The SMILES string of the molecule is COCc1cc(C)c(C)c(Cc2cc(COC)cc(C)c2O)c1. The van der Waals surface area contributed by atoms with Crippen molar-refractivity contribution in [2.75, 3.05) is 14.2 Å². The molecule has 0 aromatic heterocycles. The van der Waals surface area contributed by atoms with E-state index in [1.807, 2.05) is 19.1 Å². The Bertz CT molecular complexity index is 630. The zero-order chi connectivity index (χ0) is 17.0. The number of hydrogen-bond donors (Lipinski definition) is 1. The van der Waals surface area contributed by atoms with E-state index in [1.54, 1.807) is 14.2 Å². The van der Waals surface area contributed by atoms with Crippen molar-refractivity contribution in [1.82, 2.24) is 0 Å². The van der Waals surface area contributed by atoms with Crippen molar-refractivity contribution in [3.63, 3.8) is 0 Å². The lowest BCUT2D eigenvalue weighted by Crippen LogP contribution is -2.00. The van der Waals surface area contributed by atoms with Gasteiger partial charge in [-0.3, -0.25) is 0 Å². The van der Waals surface area contributed by atoms with Crippen LogP contribution in [-0.4, -0.2) is 19.3 Å². The number of aryl methyl sites for hydroxylation is 2. The first-order valence-electron chi connectivity index (χ1n) is 7.84. The number of phenols is 1. The molecule has 0 aliphatic rings. The van der Waals surface area contributed by atoms with Crippen LogP contribution in [0.4, 0.5) is 0 Å². The van der Waals surface area contributed by atoms with Gasteiger partial charge in [-0.2, -0.15) is 0 Å². The van der Waals surface area contributed by atoms with Crippen LogP contribution in [0.5, 0.6) is 5.75 Å². The number of benzene rings is 2. The van der Waals surface area contributed by atoms with Gasteiger partial charge in [0, 0.05) is 20.6 Å². The average molecular weight is 314 g/mol. The second kappa shape index (κ2) is 7.62. The number of rotatable bonds is 6. The topological polar surface area (TPSA) is 38.7 Å². The molecule has 2 rings (SSSR count). The summed E-state index contributed by atoms with van der Waals surface area (Å²) in [6.07, 6.45) is 0.703. The molecule has 23 heavy (non-hydrogen) atoms. The lowest BCUT2D eigenvalue weighted by molar-refractivity contribution is 0.184. The van der Waals surface area contributed by atoms with Crippen molar-refractivity contribution < 1.29 is 14.6 Å². The van der Waals surface area contributed by atoms with E-state index in [0.29, 0.717) is 25.4 Å². The summed E-state index contributed by atoms with van der Waals surface area (Å²) in [6.45, 7) is 7.32. The summed E-state index contributed by atoms with van der Waals surface area (Å²) in [5.74, 6) is 0.374. The minimum atomic E-state index is 0.374. The van der Waals surface area contributed by atoms with Crippen LogP contribution in [0.15, 0.2) is 24.3 Å². The summed E-state index contributed by atoms with van der Waals surface area (Å²) >= 11 is 0. The van der Waals surface area contributed by atoms with E-state index >= 15 is 0 Å². The van der Waals surface area contributed by atoms with E-state index in [4.69, 9.17) is 9.47 Å². The zero-order valence-electron chi connectivity index (χ0n) is 14.7. The van der Waals surface area contributed by atoms with Crippen molar-refractivity contribution in [1.29, 1.82) is 0 Å². The Kier molecular flexibility index (Phi) is 5.80. The average Bonchev–Trinajstić information content (AvgIpc) is 2.50. The minimum absolute atomic E-state index is 0.374. The maximum absolute atomic E-state index is 10.4. The molecule has 3 nitrogen and oxygen atoms in total. The van der Waals surface area contributed by atoms with Crippen LogP contribution in [0, 0.1) is 20.8 Å². The lowest BCUT2D eigenvalue weighted by Gasteiger charge is -2.15. The van der Waals surface area contributed by atoms with Gasteiger partial charge in [0.05, 0.1) is 13.2 Å². The third-order valence-corrected chi connectivity index (χ3v) is 4.28. The van der Waals surface area contributed by atoms with E-state index in [2.05, 4.69) is 26.0 Å². The van der Waals surface area contributed by atoms with Crippen molar-refractivity contribution in [3.8, 4) is 5.75 Å². The molecule has 2 aromatic carbocycles. The Hall–Kier alpha value is -1.84. The molecule has 0 saturated heterocycles. The molecule has 0 aliphatic heterocycles. The fourth-order valence-electron chi connectivity index (χ4n) is 2.97. The molecule has 1 N–H and O–H groups in total. The van der Waals surface area contributed by atoms with Gasteiger partial charge in [0.2, 0.25) is 0 Å². The molecule has 3 heteroatoms. The van der Waals surface area contributed by atoms with Gasteiger partial charge in [0.15, 0.2) is 0 Å². The van der Waals surface area contributed by atoms with Crippen LogP contribution in [0.25, 0.3) is 0 Å². The molecule has 0 bridgehead atoms. The van der Waals surface area contributed by atoms with Gasteiger partial charge in [-0.15, -0.1) is 0 Å². The highest BCUT2D eigenvalue weighted by Gasteiger charge is 2.11. The Labute approximate surface area is 138 Å². The summed E-state index contributed by atoms with van der Waals surface area (Å²) in [5.41, 5.74) is 7.81. The van der Waals surface area contributed by atoms with Crippen molar-refractivity contribution in [3.05, 3.63) is 63.2 Å². The van der Waals surface area contributed by atoms with Gasteiger partial charge < -0.3 is 14.6 Å². The van der Waals surface area contributed by atoms with Crippen molar-refractivity contribution in [2.24, 2.45) is 0 Å². The van der Waals surface area contributed by atoms with Gasteiger partial charge in [0.1, 0.15) is 5.75 Å². The number of methoxy groups -OCH3 is 2. The highest BCUT2D eigenvalue weighted by molar-refractivity contribution is 5.47. The Morgan fingerprint density at radius 3 is 1.87 bits per heavy atom. The molecule has 0 unspecified atom stereocenters. The number of aromatic hydroxyl groups is 1. The van der Waals surface area contributed by atoms with Crippen LogP contribution in [-0.2, 0) is 29.1 Å². The van der Waals surface area contributed by atoms with Crippen molar-refractivity contribution >= 4 is 0 Å². The first-order chi connectivity index (χ1) is 11.0. The first kappa shape index (κ1) is 17.5. The van der Waals surface area contributed by atoms with Crippen LogP contribution < -0.4 is 0 Å². The summed E-state index contributed by atoms with van der Waals surface area (Å²) in [5, 5.41) is 10.4. The molecule has 0 amide bonds. The smallest absolute Gasteiger partial charge is 0.122 e. The van der Waals surface area contributed by atoms with E-state index in [0.717, 1.165) is 22.3 Å². The number of phenolic OH excluding ortho intramolecular Hbond substituents is 1. The third-order valence-electron chi connectivity index (χ3n) is 4.28. The predicted molar refractivity (Wildman–Crippen MR) is 93.0 cm³/mol. The van der Waals surface area contributed by atoms with Gasteiger partial charge in [-0.05, 0) is 65.8 Å². The second-order valence-corrected chi connectivity index (χ2v) is 6.16. The molecule has 0 fully saturated rings. The normalized spacial score (nSPS) is 11.0. The summed E-state index contributed by atoms with van der Waals surface area (Å²) < 4.78 is 10.5. The molecule has 124 valence electrons. The molecule has 2 aromatic rings. The first-order valence-corrected chi connectivity index (χ1v) is 7.84. The fourth-order valence-corrected chi connectivity index (χ4v) is 2.97. The summed E-state index contributed by atoms with van der Waals surface area (Å²) in [6, 6.07) is 8.34. The van der Waals surface area contributed by atoms with E-state index in [1.165, 1.54) is 16.7 Å². The largest absolute Gasteiger partial charge is 0.507 e. The van der Waals surface area contributed by atoms with Gasteiger partial charge in [-0.25, -0.2) is 0 Å². The van der Waals surface area contributed by atoms with Gasteiger partial charge in [0.25, 0.3) is 0 Å². The van der Waals surface area contributed by atoms with E-state index < -0.39 is 0 Å². The summed E-state index contributed by atoms with van der Waals surface area (Å²) in [4.78, 5) is 0. The molecule has 0 saturated carbocycles.